The summed E-state index contributed by atoms with van der Waals surface area (Å²) in [5.74, 6) is 0. The molecule has 98 valence electrons. The molecule has 0 bridgehead atoms. The Morgan fingerprint density at radius 3 is 2.65 bits per heavy atom. The molecule has 0 radical (unpaired) electrons. The number of fused-ring (bicyclic) bond motifs is 1. The summed E-state index contributed by atoms with van der Waals surface area (Å²) in [7, 11) is 0. The monoisotopic (exact) mass is 280 g/mol. The number of aryl methyl sites for hydroxylation is 1. The third kappa shape index (κ3) is 2.48. The van der Waals surface area contributed by atoms with Gasteiger partial charge in [-0.25, -0.2) is 15.0 Å². The highest BCUT2D eigenvalue weighted by atomic mass is 32.1. The molecule has 5 heteroatoms. The minimum Gasteiger partial charge on any atom is -0.345 e. The zero-order chi connectivity index (χ0) is 13.9. The van der Waals surface area contributed by atoms with E-state index in [1.165, 1.54) is 0 Å². The van der Waals surface area contributed by atoms with Crippen LogP contribution < -0.4 is 5.32 Å². The van der Waals surface area contributed by atoms with E-state index in [4.69, 9.17) is 12.2 Å². The maximum atomic E-state index is 5.41. The Bertz CT molecular complexity index is 771. The highest BCUT2D eigenvalue weighted by Crippen LogP contribution is 2.13. The predicted octanol–water partition coefficient (Wildman–Crippen LogP) is 3.12. The number of hydrogen-bond donors (Lipinski definition) is 1. The first-order chi connectivity index (χ1) is 9.74. The fourth-order valence-electron chi connectivity index (χ4n) is 1.91. The summed E-state index contributed by atoms with van der Waals surface area (Å²) in [5.41, 5.74) is 3.76. The van der Waals surface area contributed by atoms with Gasteiger partial charge in [0, 0.05) is 11.9 Å². The van der Waals surface area contributed by atoms with Gasteiger partial charge in [0.25, 0.3) is 0 Å². The lowest BCUT2D eigenvalue weighted by Gasteiger charge is -2.09. The van der Waals surface area contributed by atoms with Crippen LogP contribution in [0.4, 0.5) is 5.69 Å². The average Bonchev–Trinajstić information content (AvgIpc) is 2.47. The minimum absolute atomic E-state index is 0.550. The van der Waals surface area contributed by atoms with Crippen LogP contribution in [0.5, 0.6) is 0 Å². The van der Waals surface area contributed by atoms with Gasteiger partial charge >= 0.3 is 0 Å². The van der Waals surface area contributed by atoms with E-state index in [1.54, 1.807) is 6.20 Å². The Hall–Kier alpha value is -2.40. The van der Waals surface area contributed by atoms with Gasteiger partial charge in [-0.05, 0) is 31.2 Å². The van der Waals surface area contributed by atoms with Crippen molar-refractivity contribution in [3.8, 4) is 0 Å². The quantitative estimate of drug-likeness (QED) is 0.731. The molecule has 0 fully saturated rings. The largest absolute Gasteiger partial charge is 0.345 e. The number of nitrogens with one attached hydrogen (secondary N) is 1. The molecule has 0 saturated carbocycles. The van der Waals surface area contributed by atoms with Crippen LogP contribution in [0.2, 0.25) is 0 Å². The Labute approximate surface area is 121 Å². The molecular formula is C15H12N4S. The number of nitrogens with zero attached hydrogens (tertiary/aromatic N) is 3. The number of pyridine rings is 1. The molecule has 20 heavy (non-hydrogen) atoms. The Morgan fingerprint density at radius 2 is 1.85 bits per heavy atom. The highest BCUT2D eigenvalue weighted by molar-refractivity contribution is 7.81. The maximum Gasteiger partial charge on any atom is 0.178 e. The zero-order valence-electron chi connectivity index (χ0n) is 10.9. The second kappa shape index (κ2) is 5.30. The fourth-order valence-corrected chi connectivity index (χ4v) is 2.22. The van der Waals surface area contributed by atoms with Crippen molar-refractivity contribution >= 4 is 34.1 Å². The van der Waals surface area contributed by atoms with E-state index >= 15 is 0 Å². The molecule has 2 aromatic heterocycles. The fraction of sp³-hybridized carbons (Fsp3) is 0.0667. The molecule has 0 saturated heterocycles. The van der Waals surface area contributed by atoms with Crippen LogP contribution >= 0.6 is 12.2 Å². The van der Waals surface area contributed by atoms with Crippen LogP contribution in [0.3, 0.4) is 0 Å². The van der Waals surface area contributed by atoms with E-state index in [0.29, 0.717) is 16.3 Å². The second-order valence-corrected chi connectivity index (χ2v) is 4.73. The minimum atomic E-state index is 0.550. The van der Waals surface area contributed by atoms with Crippen LogP contribution in [0.25, 0.3) is 11.2 Å². The molecule has 0 amide bonds. The Balaban J connectivity index is 1.97. The van der Waals surface area contributed by atoms with Crippen LogP contribution in [0, 0.1) is 6.92 Å². The number of benzene rings is 1. The Kier molecular flexibility index (Phi) is 3.35. The van der Waals surface area contributed by atoms with Gasteiger partial charge in [0.05, 0.1) is 5.69 Å². The lowest BCUT2D eigenvalue weighted by molar-refractivity contribution is 1.14. The molecule has 1 aromatic carbocycles. The van der Waals surface area contributed by atoms with E-state index < -0.39 is 0 Å². The van der Waals surface area contributed by atoms with Crippen molar-refractivity contribution in [3.05, 3.63) is 60.0 Å². The van der Waals surface area contributed by atoms with E-state index in [1.807, 2.05) is 49.4 Å². The molecule has 0 spiro atoms. The van der Waals surface area contributed by atoms with E-state index in [0.717, 1.165) is 16.9 Å². The maximum absolute atomic E-state index is 5.41. The predicted molar refractivity (Wildman–Crippen MR) is 83.8 cm³/mol. The van der Waals surface area contributed by atoms with Gasteiger partial charge < -0.3 is 5.32 Å². The third-order valence-corrected chi connectivity index (χ3v) is 3.16. The van der Waals surface area contributed by atoms with Crippen molar-refractivity contribution in [3.63, 3.8) is 0 Å². The molecule has 0 aliphatic heterocycles. The molecule has 1 N–H and O–H groups in total. The van der Waals surface area contributed by atoms with Gasteiger partial charge in [-0.1, -0.05) is 30.4 Å². The lowest BCUT2D eigenvalue weighted by Crippen LogP contribution is -2.15. The first-order valence-corrected chi connectivity index (χ1v) is 6.60. The van der Waals surface area contributed by atoms with Gasteiger partial charge in [0.15, 0.2) is 5.65 Å². The van der Waals surface area contributed by atoms with Gasteiger partial charge in [-0.2, -0.15) is 0 Å². The van der Waals surface area contributed by atoms with Crippen molar-refractivity contribution in [2.75, 3.05) is 5.32 Å². The summed E-state index contributed by atoms with van der Waals surface area (Å²) in [6.45, 7) is 1.90. The van der Waals surface area contributed by atoms with Crippen molar-refractivity contribution in [1.82, 2.24) is 15.0 Å². The number of hydrogen-bond acceptors (Lipinski definition) is 4. The first kappa shape index (κ1) is 12.6. The SMILES string of the molecule is Cc1nc2cccnc2nc1C(=S)Nc1ccccc1. The van der Waals surface area contributed by atoms with Gasteiger partial charge in [-0.15, -0.1) is 0 Å². The van der Waals surface area contributed by atoms with Crippen molar-refractivity contribution in [2.24, 2.45) is 0 Å². The molecule has 0 atom stereocenters. The van der Waals surface area contributed by atoms with Crippen LogP contribution in [-0.2, 0) is 0 Å². The molecule has 4 nitrogen and oxygen atoms in total. The number of thiocarbonyl (C=S) groups is 1. The normalized spacial score (nSPS) is 10.4. The summed E-state index contributed by atoms with van der Waals surface area (Å²) in [4.78, 5) is 13.7. The third-order valence-electron chi connectivity index (χ3n) is 2.86. The highest BCUT2D eigenvalue weighted by Gasteiger charge is 2.10. The average molecular weight is 280 g/mol. The number of aromatic nitrogens is 3. The van der Waals surface area contributed by atoms with Crippen molar-refractivity contribution < 1.29 is 0 Å². The summed E-state index contributed by atoms with van der Waals surface area (Å²) >= 11 is 5.41. The van der Waals surface area contributed by atoms with Crippen LogP contribution in [-0.4, -0.2) is 19.9 Å². The van der Waals surface area contributed by atoms with E-state index in [9.17, 15) is 0 Å². The van der Waals surface area contributed by atoms with E-state index in [-0.39, 0.29) is 0 Å². The van der Waals surface area contributed by atoms with Gasteiger partial charge in [0.2, 0.25) is 0 Å². The molecule has 2 heterocycles. The summed E-state index contributed by atoms with van der Waals surface area (Å²) < 4.78 is 0. The Morgan fingerprint density at radius 1 is 1.05 bits per heavy atom. The van der Waals surface area contributed by atoms with Gasteiger partial charge in [-0.3, -0.25) is 0 Å². The molecule has 0 aliphatic rings. The smallest absolute Gasteiger partial charge is 0.178 e. The molecule has 0 unspecified atom stereocenters. The summed E-state index contributed by atoms with van der Waals surface area (Å²) in [6, 6.07) is 13.5. The number of rotatable bonds is 2. The lowest BCUT2D eigenvalue weighted by atomic mass is 10.2. The summed E-state index contributed by atoms with van der Waals surface area (Å²) in [5, 5.41) is 3.16. The second-order valence-electron chi connectivity index (χ2n) is 4.32. The molecule has 3 rings (SSSR count). The first-order valence-electron chi connectivity index (χ1n) is 6.20. The van der Waals surface area contributed by atoms with Crippen LogP contribution in [0.15, 0.2) is 48.7 Å². The topological polar surface area (TPSA) is 50.7 Å². The molecule has 0 aliphatic carbocycles. The van der Waals surface area contributed by atoms with Gasteiger partial charge in [0.1, 0.15) is 16.2 Å². The number of anilines is 1. The standard InChI is InChI=1S/C15H12N4S/c1-10-13(15(20)18-11-6-3-2-4-7-11)19-14-12(17-10)8-5-9-16-14/h2-9H,1H3,(H,18,20). The number of para-hydroxylation sites is 1. The van der Waals surface area contributed by atoms with Crippen LogP contribution in [0.1, 0.15) is 11.4 Å². The molecular weight excluding hydrogens is 268 g/mol. The van der Waals surface area contributed by atoms with Crippen molar-refractivity contribution in [1.29, 1.82) is 0 Å². The van der Waals surface area contributed by atoms with Crippen molar-refractivity contribution in [2.45, 2.75) is 6.92 Å². The molecule has 3 aromatic rings. The van der Waals surface area contributed by atoms with E-state index in [2.05, 4.69) is 20.3 Å². The summed E-state index contributed by atoms with van der Waals surface area (Å²) in [6.07, 6.45) is 1.70. The zero-order valence-corrected chi connectivity index (χ0v) is 11.7.